The number of pyridine rings is 1. The van der Waals surface area contributed by atoms with Crippen LogP contribution in [0.1, 0.15) is 0 Å². The smallest absolute Gasteiger partial charge is 0.263 e. The molecule has 210 valence electrons. The first-order valence-electron chi connectivity index (χ1n) is 12.6. The van der Waals surface area contributed by atoms with Gasteiger partial charge < -0.3 is 9.26 Å². The summed E-state index contributed by atoms with van der Waals surface area (Å²) in [6.45, 7) is 0. The monoisotopic (exact) mass is 601 g/mol. The Morgan fingerprint density at radius 1 is 0.881 bits per heavy atom. The SMILES string of the molecule is COc1cc(-c2ccc(-c3ccc(Cl)cc3)cc2)c(F)cc1-n1c(=O)ccc2cc(S(=O)(=O)Nc3ccon3)ccc21. The first kappa shape index (κ1) is 27.3. The van der Waals surface area contributed by atoms with Gasteiger partial charge >= 0.3 is 0 Å². The van der Waals surface area contributed by atoms with Gasteiger partial charge in [0.15, 0.2) is 5.82 Å². The van der Waals surface area contributed by atoms with Gasteiger partial charge in [-0.1, -0.05) is 53.2 Å². The Hall–Kier alpha value is -4.93. The minimum atomic E-state index is -3.99. The van der Waals surface area contributed by atoms with Crippen molar-refractivity contribution in [3.8, 4) is 33.7 Å². The highest BCUT2D eigenvalue weighted by Crippen LogP contribution is 2.35. The number of aromatic nitrogens is 2. The largest absolute Gasteiger partial charge is 0.495 e. The fourth-order valence-electron chi connectivity index (χ4n) is 4.69. The van der Waals surface area contributed by atoms with Gasteiger partial charge in [-0.2, -0.15) is 0 Å². The third kappa shape index (κ3) is 5.13. The summed E-state index contributed by atoms with van der Waals surface area (Å²) in [7, 11) is -2.56. The fraction of sp³-hybridized carbons (Fsp3) is 0.0323. The fourth-order valence-corrected chi connectivity index (χ4v) is 5.84. The summed E-state index contributed by atoms with van der Waals surface area (Å²) in [5.74, 6) is -0.280. The summed E-state index contributed by atoms with van der Waals surface area (Å²) in [5, 5.41) is 4.64. The van der Waals surface area contributed by atoms with E-state index in [1.807, 2.05) is 24.3 Å². The zero-order chi connectivity index (χ0) is 29.4. The van der Waals surface area contributed by atoms with E-state index in [1.165, 1.54) is 66.5 Å². The quantitative estimate of drug-likeness (QED) is 0.213. The molecule has 0 saturated heterocycles. The molecule has 11 heteroatoms. The lowest BCUT2D eigenvalue weighted by molar-refractivity contribution is 0.412. The number of benzene rings is 4. The zero-order valence-electron chi connectivity index (χ0n) is 21.9. The van der Waals surface area contributed by atoms with Crippen molar-refractivity contribution in [1.82, 2.24) is 9.72 Å². The lowest BCUT2D eigenvalue weighted by Crippen LogP contribution is -2.19. The summed E-state index contributed by atoms with van der Waals surface area (Å²) in [5.41, 5.74) is 2.91. The number of nitrogens with one attached hydrogen (secondary N) is 1. The number of sulfonamides is 1. The second kappa shape index (κ2) is 10.8. The maximum Gasteiger partial charge on any atom is 0.263 e. The molecule has 1 N–H and O–H groups in total. The molecule has 0 fully saturated rings. The van der Waals surface area contributed by atoms with E-state index in [0.29, 0.717) is 27.1 Å². The molecule has 0 unspecified atom stereocenters. The number of ether oxygens (including phenoxy) is 1. The summed E-state index contributed by atoms with van der Waals surface area (Å²) in [4.78, 5) is 13.0. The third-order valence-electron chi connectivity index (χ3n) is 6.74. The first-order valence-corrected chi connectivity index (χ1v) is 14.4. The lowest BCUT2D eigenvalue weighted by Gasteiger charge is -2.17. The molecule has 0 atom stereocenters. The van der Waals surface area contributed by atoms with Crippen LogP contribution in [0.4, 0.5) is 10.2 Å². The maximum atomic E-state index is 15.7. The summed E-state index contributed by atoms with van der Waals surface area (Å²) < 4.78 is 55.3. The molecule has 6 aromatic rings. The molecule has 0 amide bonds. The minimum Gasteiger partial charge on any atom is -0.495 e. The highest BCUT2D eigenvalue weighted by atomic mass is 35.5. The zero-order valence-corrected chi connectivity index (χ0v) is 23.5. The Balaban J connectivity index is 1.40. The molecule has 2 heterocycles. The molecule has 0 aliphatic heterocycles. The number of hydrogen-bond donors (Lipinski definition) is 1. The van der Waals surface area contributed by atoms with E-state index in [0.717, 1.165) is 11.1 Å². The maximum absolute atomic E-state index is 15.7. The van der Waals surface area contributed by atoms with Crippen LogP contribution >= 0.6 is 11.6 Å². The molecule has 0 radical (unpaired) electrons. The Bertz CT molecular complexity index is 2100. The second-order valence-corrected chi connectivity index (χ2v) is 11.4. The van der Waals surface area contributed by atoms with Crippen LogP contribution in [0, 0.1) is 5.82 Å². The van der Waals surface area contributed by atoms with Crippen LogP contribution in [-0.2, 0) is 10.0 Å². The highest BCUT2D eigenvalue weighted by molar-refractivity contribution is 7.92. The van der Waals surface area contributed by atoms with E-state index in [2.05, 4.69) is 14.4 Å². The van der Waals surface area contributed by atoms with Crippen molar-refractivity contribution >= 4 is 38.3 Å². The molecule has 0 saturated carbocycles. The number of anilines is 1. The Labute approximate surface area is 244 Å². The van der Waals surface area contributed by atoms with E-state index in [-0.39, 0.29) is 22.2 Å². The van der Waals surface area contributed by atoms with Crippen molar-refractivity contribution in [3.05, 3.63) is 125 Å². The number of methoxy groups -OCH3 is 1. The average molecular weight is 602 g/mol. The predicted octanol–water partition coefficient (Wildman–Crippen LogP) is 6.91. The molecule has 0 spiro atoms. The molecule has 0 aliphatic carbocycles. The van der Waals surface area contributed by atoms with Gasteiger partial charge in [0.05, 0.1) is 23.2 Å². The molecule has 2 aromatic heterocycles. The van der Waals surface area contributed by atoms with Crippen molar-refractivity contribution in [2.75, 3.05) is 11.8 Å². The summed E-state index contributed by atoms with van der Waals surface area (Å²) in [6, 6.07) is 26.0. The normalized spacial score (nSPS) is 11.5. The van der Waals surface area contributed by atoms with Crippen LogP contribution in [0.5, 0.6) is 5.75 Å². The number of fused-ring (bicyclic) bond motifs is 1. The van der Waals surface area contributed by atoms with E-state index >= 15 is 4.39 Å². The Kier molecular flexibility index (Phi) is 7.01. The molecule has 6 rings (SSSR count). The third-order valence-corrected chi connectivity index (χ3v) is 8.34. The van der Waals surface area contributed by atoms with Crippen LogP contribution in [0.15, 0.2) is 118 Å². The van der Waals surface area contributed by atoms with E-state index < -0.39 is 21.4 Å². The van der Waals surface area contributed by atoms with Crippen LogP contribution in [0.25, 0.3) is 38.8 Å². The van der Waals surface area contributed by atoms with Gasteiger partial charge in [0.2, 0.25) is 0 Å². The lowest BCUT2D eigenvalue weighted by atomic mass is 9.99. The summed E-state index contributed by atoms with van der Waals surface area (Å²) >= 11 is 5.99. The minimum absolute atomic E-state index is 0.0278. The molecule has 0 bridgehead atoms. The van der Waals surface area contributed by atoms with Crippen LogP contribution < -0.4 is 15.0 Å². The van der Waals surface area contributed by atoms with Gasteiger partial charge in [-0.3, -0.25) is 14.1 Å². The average Bonchev–Trinajstić information content (AvgIpc) is 3.50. The van der Waals surface area contributed by atoms with Crippen molar-refractivity contribution < 1.29 is 22.1 Å². The van der Waals surface area contributed by atoms with E-state index in [4.69, 9.17) is 16.3 Å². The van der Waals surface area contributed by atoms with Gasteiger partial charge in [-0.05, 0) is 59.2 Å². The first-order chi connectivity index (χ1) is 20.2. The van der Waals surface area contributed by atoms with Crippen molar-refractivity contribution in [3.63, 3.8) is 0 Å². The second-order valence-electron chi connectivity index (χ2n) is 9.31. The number of halogens is 2. The topological polar surface area (TPSA) is 103 Å². The van der Waals surface area contributed by atoms with E-state index in [9.17, 15) is 13.2 Å². The summed E-state index contributed by atoms with van der Waals surface area (Å²) in [6.07, 6.45) is 1.24. The number of nitrogens with zero attached hydrogens (tertiary/aromatic N) is 2. The van der Waals surface area contributed by atoms with Gasteiger partial charge in [0.25, 0.3) is 15.6 Å². The predicted molar refractivity (Wildman–Crippen MR) is 159 cm³/mol. The van der Waals surface area contributed by atoms with Crippen LogP contribution in [-0.4, -0.2) is 25.3 Å². The Morgan fingerprint density at radius 3 is 2.24 bits per heavy atom. The molecule has 8 nitrogen and oxygen atoms in total. The van der Waals surface area contributed by atoms with Crippen molar-refractivity contribution in [2.24, 2.45) is 0 Å². The molecular weight excluding hydrogens is 581 g/mol. The van der Waals surface area contributed by atoms with Gasteiger partial charge in [0.1, 0.15) is 17.8 Å². The molecular formula is C31H21ClFN3O5S. The Morgan fingerprint density at radius 2 is 1.57 bits per heavy atom. The van der Waals surface area contributed by atoms with Crippen LogP contribution in [0.2, 0.25) is 5.02 Å². The molecule has 42 heavy (non-hydrogen) atoms. The van der Waals surface area contributed by atoms with Gasteiger partial charge in [-0.15, -0.1) is 0 Å². The van der Waals surface area contributed by atoms with Gasteiger partial charge in [-0.25, -0.2) is 12.8 Å². The standard InChI is InChI=1S/C31H21ClFN3O5S/c1-40-29-17-25(21-4-2-19(3-5-21)20-6-9-23(32)10-7-20)26(33)18-28(29)36-27-12-11-24(16-22(27)8-13-31(36)37)42(38,39)35-30-14-15-41-34-30/h2-18H,1H3,(H,34,35). The van der Waals surface area contributed by atoms with Gasteiger partial charge in [0, 0.05) is 34.2 Å². The number of hydrogen-bond acceptors (Lipinski definition) is 6. The highest BCUT2D eigenvalue weighted by Gasteiger charge is 2.20. The van der Waals surface area contributed by atoms with Crippen molar-refractivity contribution in [1.29, 1.82) is 0 Å². The van der Waals surface area contributed by atoms with Crippen molar-refractivity contribution in [2.45, 2.75) is 4.90 Å². The number of rotatable bonds is 7. The molecule has 4 aromatic carbocycles. The molecule has 0 aliphatic rings. The van der Waals surface area contributed by atoms with Crippen LogP contribution in [0.3, 0.4) is 0 Å². The van der Waals surface area contributed by atoms with E-state index in [1.54, 1.807) is 24.3 Å².